The molecule has 134 valence electrons. The zero-order chi connectivity index (χ0) is 18.5. The van der Waals surface area contributed by atoms with Gasteiger partial charge in [-0.3, -0.25) is 0 Å². The van der Waals surface area contributed by atoms with Crippen LogP contribution in [0.4, 0.5) is 11.6 Å². The first-order valence-corrected chi connectivity index (χ1v) is 7.97. The molecular weight excluding hydrogens is 332 g/mol. The predicted molar refractivity (Wildman–Crippen MR) is 99.4 cm³/mol. The van der Waals surface area contributed by atoms with E-state index in [2.05, 4.69) is 20.3 Å². The van der Waals surface area contributed by atoms with Crippen LogP contribution in [0.3, 0.4) is 0 Å². The highest BCUT2D eigenvalue weighted by molar-refractivity contribution is 5.66. The van der Waals surface area contributed by atoms with E-state index in [9.17, 15) is 0 Å². The van der Waals surface area contributed by atoms with Gasteiger partial charge in [-0.2, -0.15) is 4.98 Å². The Kier molecular flexibility index (Phi) is 5.17. The molecule has 0 aliphatic heterocycles. The molecular formula is C19H20N4O3. The lowest BCUT2D eigenvalue weighted by Crippen LogP contribution is -2.02. The Balaban J connectivity index is 1.92. The highest BCUT2D eigenvalue weighted by atomic mass is 16.5. The SMILES string of the molecule is COc1cc(Nc2ncnc(-c3ccc(C)cc3)n2)cc(OC)c1OC. The number of nitrogens with zero attached hydrogens (tertiary/aromatic N) is 3. The summed E-state index contributed by atoms with van der Waals surface area (Å²) in [4.78, 5) is 12.9. The van der Waals surface area contributed by atoms with Crippen molar-refractivity contribution in [3.8, 4) is 28.6 Å². The van der Waals surface area contributed by atoms with Crippen LogP contribution in [-0.4, -0.2) is 36.3 Å². The minimum atomic E-state index is 0.421. The van der Waals surface area contributed by atoms with Gasteiger partial charge in [-0.05, 0) is 6.92 Å². The van der Waals surface area contributed by atoms with Crippen molar-refractivity contribution in [3.63, 3.8) is 0 Å². The molecule has 0 saturated carbocycles. The van der Waals surface area contributed by atoms with Gasteiger partial charge in [0, 0.05) is 23.4 Å². The van der Waals surface area contributed by atoms with Crippen LogP contribution in [0.2, 0.25) is 0 Å². The first-order valence-electron chi connectivity index (χ1n) is 7.97. The van der Waals surface area contributed by atoms with E-state index in [-0.39, 0.29) is 0 Å². The molecule has 0 aliphatic rings. The molecule has 3 rings (SSSR count). The maximum atomic E-state index is 5.36. The molecule has 2 aromatic carbocycles. The third kappa shape index (κ3) is 3.66. The highest BCUT2D eigenvalue weighted by Gasteiger charge is 2.14. The van der Waals surface area contributed by atoms with E-state index in [4.69, 9.17) is 14.2 Å². The Morgan fingerprint density at radius 3 is 2.08 bits per heavy atom. The molecule has 0 bridgehead atoms. The predicted octanol–water partition coefficient (Wildman–Crippen LogP) is 3.62. The van der Waals surface area contributed by atoms with Crippen molar-refractivity contribution >= 4 is 11.6 Å². The molecule has 7 nitrogen and oxygen atoms in total. The molecule has 0 spiro atoms. The Hall–Kier alpha value is -3.35. The zero-order valence-electron chi connectivity index (χ0n) is 15.1. The number of aryl methyl sites for hydroxylation is 1. The van der Waals surface area contributed by atoms with Crippen LogP contribution >= 0.6 is 0 Å². The molecule has 0 amide bonds. The van der Waals surface area contributed by atoms with E-state index in [1.165, 1.54) is 11.9 Å². The van der Waals surface area contributed by atoms with E-state index < -0.39 is 0 Å². The van der Waals surface area contributed by atoms with Crippen molar-refractivity contribution < 1.29 is 14.2 Å². The third-order valence-corrected chi connectivity index (χ3v) is 3.80. The summed E-state index contributed by atoms with van der Waals surface area (Å²) >= 11 is 0. The summed E-state index contributed by atoms with van der Waals surface area (Å²) in [5.41, 5.74) is 2.81. The van der Waals surface area contributed by atoms with Crippen molar-refractivity contribution in [3.05, 3.63) is 48.3 Å². The number of anilines is 2. The Labute approximate surface area is 152 Å². The first kappa shape index (κ1) is 17.5. The van der Waals surface area contributed by atoms with Crippen LogP contribution < -0.4 is 19.5 Å². The number of hydrogen-bond acceptors (Lipinski definition) is 7. The van der Waals surface area contributed by atoms with E-state index in [0.717, 1.165) is 5.56 Å². The fourth-order valence-corrected chi connectivity index (χ4v) is 2.48. The number of nitrogens with one attached hydrogen (secondary N) is 1. The van der Waals surface area contributed by atoms with Crippen molar-refractivity contribution in [2.24, 2.45) is 0 Å². The van der Waals surface area contributed by atoms with Gasteiger partial charge in [-0.15, -0.1) is 0 Å². The molecule has 0 atom stereocenters. The van der Waals surface area contributed by atoms with Gasteiger partial charge in [0.2, 0.25) is 11.7 Å². The summed E-state index contributed by atoms with van der Waals surface area (Å²) in [7, 11) is 4.70. The zero-order valence-corrected chi connectivity index (χ0v) is 15.1. The van der Waals surface area contributed by atoms with Gasteiger partial charge in [0.25, 0.3) is 0 Å². The molecule has 0 saturated heterocycles. The second-order valence-corrected chi connectivity index (χ2v) is 5.54. The van der Waals surface area contributed by atoms with Crippen molar-refractivity contribution in [1.82, 2.24) is 15.0 Å². The van der Waals surface area contributed by atoms with E-state index in [1.807, 2.05) is 31.2 Å². The standard InChI is InChI=1S/C19H20N4O3/c1-12-5-7-13(8-6-12)18-20-11-21-19(23-18)22-14-9-15(24-2)17(26-4)16(10-14)25-3/h5-11H,1-4H3,(H,20,21,22,23). The maximum Gasteiger partial charge on any atom is 0.230 e. The molecule has 26 heavy (non-hydrogen) atoms. The Morgan fingerprint density at radius 2 is 1.50 bits per heavy atom. The number of rotatable bonds is 6. The van der Waals surface area contributed by atoms with Crippen LogP contribution in [0.15, 0.2) is 42.7 Å². The Morgan fingerprint density at radius 1 is 0.846 bits per heavy atom. The summed E-state index contributed by atoms with van der Waals surface area (Å²) in [6, 6.07) is 11.6. The van der Waals surface area contributed by atoms with Crippen molar-refractivity contribution in [1.29, 1.82) is 0 Å². The van der Waals surface area contributed by atoms with Crippen LogP contribution in [0.5, 0.6) is 17.2 Å². The smallest absolute Gasteiger partial charge is 0.230 e. The molecule has 7 heteroatoms. The second kappa shape index (κ2) is 7.69. The number of ether oxygens (including phenoxy) is 3. The van der Waals surface area contributed by atoms with Crippen LogP contribution in [0.1, 0.15) is 5.56 Å². The third-order valence-electron chi connectivity index (χ3n) is 3.80. The van der Waals surface area contributed by atoms with Gasteiger partial charge < -0.3 is 19.5 Å². The minimum Gasteiger partial charge on any atom is -0.493 e. The quantitative estimate of drug-likeness (QED) is 0.726. The largest absolute Gasteiger partial charge is 0.493 e. The molecule has 1 N–H and O–H groups in total. The normalized spacial score (nSPS) is 10.3. The van der Waals surface area contributed by atoms with Crippen molar-refractivity contribution in [2.45, 2.75) is 6.92 Å². The summed E-state index contributed by atoms with van der Waals surface area (Å²) in [5, 5.41) is 3.15. The molecule has 1 aromatic heterocycles. The lowest BCUT2D eigenvalue weighted by atomic mass is 10.1. The van der Waals surface area contributed by atoms with Crippen LogP contribution in [0.25, 0.3) is 11.4 Å². The highest BCUT2D eigenvalue weighted by Crippen LogP contribution is 2.40. The van der Waals surface area contributed by atoms with E-state index in [0.29, 0.717) is 34.7 Å². The Bertz CT molecular complexity index is 873. The average Bonchev–Trinajstić information content (AvgIpc) is 2.68. The number of aromatic nitrogens is 3. The van der Waals surface area contributed by atoms with Crippen LogP contribution in [0, 0.1) is 6.92 Å². The van der Waals surface area contributed by atoms with Gasteiger partial charge in [-0.1, -0.05) is 29.8 Å². The molecule has 0 aliphatic carbocycles. The van der Waals surface area contributed by atoms with Crippen molar-refractivity contribution in [2.75, 3.05) is 26.6 Å². The van der Waals surface area contributed by atoms with Crippen LogP contribution in [-0.2, 0) is 0 Å². The average molecular weight is 352 g/mol. The molecule has 0 unspecified atom stereocenters. The molecule has 1 heterocycles. The molecule has 0 radical (unpaired) electrons. The van der Waals surface area contributed by atoms with E-state index in [1.54, 1.807) is 33.5 Å². The summed E-state index contributed by atoms with van der Waals surface area (Å²) < 4.78 is 16.1. The number of benzene rings is 2. The first-order chi connectivity index (χ1) is 12.6. The van der Waals surface area contributed by atoms with Gasteiger partial charge in [-0.25, -0.2) is 9.97 Å². The maximum absolute atomic E-state index is 5.36. The van der Waals surface area contributed by atoms with Gasteiger partial charge in [0.15, 0.2) is 17.3 Å². The summed E-state index contributed by atoms with van der Waals surface area (Å²) in [6.07, 6.45) is 1.47. The van der Waals surface area contributed by atoms with Gasteiger partial charge in [0.1, 0.15) is 6.33 Å². The van der Waals surface area contributed by atoms with E-state index >= 15 is 0 Å². The lowest BCUT2D eigenvalue weighted by molar-refractivity contribution is 0.324. The summed E-state index contributed by atoms with van der Waals surface area (Å²) in [5.74, 6) is 2.63. The lowest BCUT2D eigenvalue weighted by Gasteiger charge is -2.14. The molecule has 3 aromatic rings. The topological polar surface area (TPSA) is 78.4 Å². The monoisotopic (exact) mass is 352 g/mol. The fraction of sp³-hybridized carbons (Fsp3) is 0.211. The second-order valence-electron chi connectivity index (χ2n) is 5.54. The number of hydrogen-bond donors (Lipinski definition) is 1. The summed E-state index contributed by atoms with van der Waals surface area (Å²) in [6.45, 7) is 2.04. The minimum absolute atomic E-state index is 0.421. The van der Waals surface area contributed by atoms with Gasteiger partial charge in [0.05, 0.1) is 21.3 Å². The molecule has 0 fully saturated rings. The fourth-order valence-electron chi connectivity index (χ4n) is 2.48. The number of methoxy groups -OCH3 is 3. The van der Waals surface area contributed by atoms with Gasteiger partial charge >= 0.3 is 0 Å².